The Morgan fingerprint density at radius 1 is 1.21 bits per heavy atom. The van der Waals surface area contributed by atoms with Crippen LogP contribution in [-0.2, 0) is 22.6 Å². The molecule has 1 amide bonds. The molecule has 28 heavy (non-hydrogen) atoms. The first-order chi connectivity index (χ1) is 13.5. The first-order valence-electron chi connectivity index (χ1n) is 9.45. The summed E-state index contributed by atoms with van der Waals surface area (Å²) in [5.41, 5.74) is 5.84. The number of methoxy groups -OCH3 is 1. The summed E-state index contributed by atoms with van der Waals surface area (Å²) < 4.78 is 6.33. The predicted octanol–water partition coefficient (Wildman–Crippen LogP) is 1.88. The van der Waals surface area contributed by atoms with Crippen molar-refractivity contribution >= 4 is 17.4 Å². The van der Waals surface area contributed by atoms with Crippen molar-refractivity contribution in [2.45, 2.75) is 45.7 Å². The van der Waals surface area contributed by atoms with Gasteiger partial charge in [-0.25, -0.2) is 4.79 Å². The van der Waals surface area contributed by atoms with Gasteiger partial charge in [0.15, 0.2) is 5.69 Å². The number of carbonyl (C=O) groups excluding carboxylic acids is 1. The number of H-pyrrole nitrogens is 1. The summed E-state index contributed by atoms with van der Waals surface area (Å²) in [5, 5.41) is 0. The molecule has 1 aromatic heterocycles. The molecule has 0 spiro atoms. The van der Waals surface area contributed by atoms with Crippen LogP contribution in [-0.4, -0.2) is 29.2 Å². The van der Waals surface area contributed by atoms with Gasteiger partial charge >= 0.3 is 5.69 Å². The van der Waals surface area contributed by atoms with Gasteiger partial charge in [0.2, 0.25) is 5.91 Å². The summed E-state index contributed by atoms with van der Waals surface area (Å²) in [5.74, 6) is -0.239. The zero-order valence-corrected chi connectivity index (χ0v) is 16.4. The van der Waals surface area contributed by atoms with Crippen molar-refractivity contribution in [2.24, 2.45) is 0 Å². The second-order valence-electron chi connectivity index (χ2n) is 6.56. The lowest BCUT2D eigenvalue weighted by Crippen LogP contribution is -2.41. The molecular formula is C20H28N4O4. The summed E-state index contributed by atoms with van der Waals surface area (Å²) in [6, 6.07) is 9.33. The molecule has 0 fully saturated rings. The Hall–Kier alpha value is -2.87. The van der Waals surface area contributed by atoms with Gasteiger partial charge in [-0.05, 0) is 18.4 Å². The van der Waals surface area contributed by atoms with Crippen molar-refractivity contribution in [3.63, 3.8) is 0 Å². The number of nitrogens with one attached hydrogen (secondary N) is 1. The van der Waals surface area contributed by atoms with Crippen molar-refractivity contribution in [2.75, 3.05) is 24.4 Å². The molecule has 8 nitrogen and oxygen atoms in total. The molecule has 0 bridgehead atoms. The number of nitrogen functional groups attached to an aromatic ring is 1. The summed E-state index contributed by atoms with van der Waals surface area (Å²) in [7, 11) is 1.57. The SMILES string of the molecule is CCCCn1c(N)c(N(Cc2ccccc2)C(=O)CCCOC)c(=O)[nH]c1=O. The van der Waals surface area contributed by atoms with E-state index in [9.17, 15) is 14.4 Å². The number of aromatic amines is 1. The van der Waals surface area contributed by atoms with Gasteiger partial charge in [0.25, 0.3) is 5.56 Å². The molecule has 0 unspecified atom stereocenters. The smallest absolute Gasteiger partial charge is 0.330 e. The van der Waals surface area contributed by atoms with Gasteiger partial charge in [-0.3, -0.25) is 19.1 Å². The number of nitrogens with two attached hydrogens (primary N) is 1. The number of unbranched alkanes of at least 4 members (excludes halogenated alkanes) is 1. The number of amides is 1. The summed E-state index contributed by atoms with van der Waals surface area (Å²) in [4.78, 5) is 41.3. The van der Waals surface area contributed by atoms with E-state index >= 15 is 0 Å². The third-order valence-corrected chi connectivity index (χ3v) is 4.44. The largest absolute Gasteiger partial charge is 0.385 e. The van der Waals surface area contributed by atoms with Crippen LogP contribution in [0.5, 0.6) is 0 Å². The highest BCUT2D eigenvalue weighted by Crippen LogP contribution is 2.21. The minimum atomic E-state index is -0.661. The van der Waals surface area contributed by atoms with E-state index < -0.39 is 11.2 Å². The van der Waals surface area contributed by atoms with Gasteiger partial charge in [0.05, 0.1) is 6.54 Å². The van der Waals surface area contributed by atoms with Crippen LogP contribution in [0.3, 0.4) is 0 Å². The molecule has 3 N–H and O–H groups in total. The second kappa shape index (κ2) is 10.5. The fraction of sp³-hybridized carbons (Fsp3) is 0.450. The maximum atomic E-state index is 12.9. The van der Waals surface area contributed by atoms with E-state index in [2.05, 4.69) is 4.98 Å². The molecule has 152 valence electrons. The third-order valence-electron chi connectivity index (χ3n) is 4.44. The standard InChI is InChI=1S/C20H28N4O4/c1-3-4-12-23-18(21)17(19(26)22-20(23)27)24(16(25)11-8-13-28-2)14-15-9-6-5-7-10-15/h5-7,9-10H,3-4,8,11-14,21H2,1-2H3,(H,22,26,27). The number of ether oxygens (including phenoxy) is 1. The zero-order chi connectivity index (χ0) is 20.5. The third kappa shape index (κ3) is 5.32. The van der Waals surface area contributed by atoms with Crippen molar-refractivity contribution < 1.29 is 9.53 Å². The molecular weight excluding hydrogens is 360 g/mol. The van der Waals surface area contributed by atoms with Gasteiger partial charge in [0.1, 0.15) is 5.82 Å². The Labute approximate surface area is 163 Å². The molecule has 1 heterocycles. The average Bonchev–Trinajstić information content (AvgIpc) is 2.67. The van der Waals surface area contributed by atoms with Crippen LogP contribution < -0.4 is 21.9 Å². The van der Waals surface area contributed by atoms with Crippen molar-refractivity contribution in [3.05, 3.63) is 56.7 Å². The summed E-state index contributed by atoms with van der Waals surface area (Å²) in [6.45, 7) is 3.00. The van der Waals surface area contributed by atoms with Crippen LogP contribution in [0.4, 0.5) is 11.5 Å². The lowest BCUT2D eigenvalue weighted by molar-refractivity contribution is -0.119. The van der Waals surface area contributed by atoms with Crippen molar-refractivity contribution in [1.82, 2.24) is 9.55 Å². The van der Waals surface area contributed by atoms with E-state index in [0.717, 1.165) is 18.4 Å². The maximum Gasteiger partial charge on any atom is 0.330 e. The summed E-state index contributed by atoms with van der Waals surface area (Å²) >= 11 is 0. The number of carbonyl (C=O) groups is 1. The molecule has 2 rings (SSSR count). The fourth-order valence-corrected chi connectivity index (χ4v) is 2.94. The number of hydrogen-bond donors (Lipinski definition) is 2. The number of benzene rings is 1. The van der Waals surface area contributed by atoms with E-state index in [-0.39, 0.29) is 30.4 Å². The number of anilines is 2. The topological polar surface area (TPSA) is 110 Å². The molecule has 8 heteroatoms. The molecule has 0 saturated heterocycles. The summed E-state index contributed by atoms with van der Waals surface area (Å²) in [6.07, 6.45) is 2.32. The molecule has 0 radical (unpaired) electrons. The Morgan fingerprint density at radius 2 is 1.93 bits per heavy atom. The monoisotopic (exact) mass is 388 g/mol. The predicted molar refractivity (Wildman–Crippen MR) is 109 cm³/mol. The highest BCUT2D eigenvalue weighted by molar-refractivity contribution is 5.95. The van der Waals surface area contributed by atoms with Gasteiger partial charge < -0.3 is 15.4 Å². The van der Waals surface area contributed by atoms with Crippen LogP contribution in [0.15, 0.2) is 39.9 Å². The zero-order valence-electron chi connectivity index (χ0n) is 16.4. The van der Waals surface area contributed by atoms with Crippen LogP contribution in [0.2, 0.25) is 0 Å². The van der Waals surface area contributed by atoms with Gasteiger partial charge in [-0.1, -0.05) is 43.7 Å². The molecule has 0 aliphatic carbocycles. The average molecular weight is 388 g/mol. The highest BCUT2D eigenvalue weighted by Gasteiger charge is 2.24. The van der Waals surface area contributed by atoms with Crippen LogP contribution in [0, 0.1) is 0 Å². The Kier molecular flexibility index (Phi) is 8.01. The van der Waals surface area contributed by atoms with E-state index in [1.54, 1.807) is 7.11 Å². The Bertz CT molecular complexity index is 889. The molecule has 1 aromatic carbocycles. The first-order valence-corrected chi connectivity index (χ1v) is 9.45. The van der Waals surface area contributed by atoms with Gasteiger partial charge in [-0.15, -0.1) is 0 Å². The lowest BCUT2D eigenvalue weighted by atomic mass is 10.2. The van der Waals surface area contributed by atoms with E-state index in [1.807, 2.05) is 37.3 Å². The minimum absolute atomic E-state index is 0.0122. The second-order valence-corrected chi connectivity index (χ2v) is 6.56. The number of nitrogens with zero attached hydrogens (tertiary/aromatic N) is 2. The molecule has 0 atom stereocenters. The van der Waals surface area contributed by atoms with E-state index in [0.29, 0.717) is 19.6 Å². The number of rotatable bonds is 10. The van der Waals surface area contributed by atoms with Crippen LogP contribution >= 0.6 is 0 Å². The first kappa shape index (κ1) is 21.4. The molecule has 0 saturated carbocycles. The van der Waals surface area contributed by atoms with Crippen LogP contribution in [0.25, 0.3) is 0 Å². The van der Waals surface area contributed by atoms with Gasteiger partial charge in [-0.2, -0.15) is 0 Å². The van der Waals surface area contributed by atoms with E-state index in [4.69, 9.17) is 10.5 Å². The molecule has 0 aliphatic heterocycles. The minimum Gasteiger partial charge on any atom is -0.385 e. The maximum absolute atomic E-state index is 12.9. The van der Waals surface area contributed by atoms with Crippen molar-refractivity contribution in [1.29, 1.82) is 0 Å². The number of hydrogen-bond acceptors (Lipinski definition) is 5. The highest BCUT2D eigenvalue weighted by atomic mass is 16.5. The quantitative estimate of drug-likeness (QED) is 0.604. The Balaban J connectivity index is 2.48. The Morgan fingerprint density at radius 3 is 2.57 bits per heavy atom. The van der Waals surface area contributed by atoms with Crippen molar-refractivity contribution in [3.8, 4) is 0 Å². The van der Waals surface area contributed by atoms with E-state index in [1.165, 1.54) is 9.47 Å². The van der Waals surface area contributed by atoms with Gasteiger partial charge in [0, 0.05) is 26.7 Å². The molecule has 2 aromatic rings. The lowest BCUT2D eigenvalue weighted by Gasteiger charge is -2.25. The molecule has 0 aliphatic rings. The fourth-order valence-electron chi connectivity index (χ4n) is 2.94. The van der Waals surface area contributed by atoms with Crippen LogP contribution in [0.1, 0.15) is 38.2 Å². The normalized spacial score (nSPS) is 10.8. The number of aromatic nitrogens is 2.